The summed E-state index contributed by atoms with van der Waals surface area (Å²) in [6, 6.07) is 2.08. The summed E-state index contributed by atoms with van der Waals surface area (Å²) in [5.74, 6) is 0.895. The van der Waals surface area contributed by atoms with E-state index >= 15 is 0 Å². The number of hydrogen-bond acceptors (Lipinski definition) is 4. The molecule has 1 aliphatic rings. The van der Waals surface area contributed by atoms with Gasteiger partial charge in [0.25, 0.3) is 0 Å². The summed E-state index contributed by atoms with van der Waals surface area (Å²) in [4.78, 5) is 6.74. The van der Waals surface area contributed by atoms with E-state index < -0.39 is 0 Å². The van der Waals surface area contributed by atoms with Gasteiger partial charge in [0.1, 0.15) is 0 Å². The Balaban J connectivity index is 1.70. The molecule has 0 saturated carbocycles. The third kappa shape index (κ3) is 4.39. The number of likely N-dealkylation sites (tertiary alicyclic amines) is 1. The van der Waals surface area contributed by atoms with Crippen LogP contribution in [0.25, 0.3) is 0 Å². The van der Waals surface area contributed by atoms with Crippen LogP contribution in [0.1, 0.15) is 19.3 Å². The molecular formula is C13H20HgN3O. The van der Waals surface area contributed by atoms with Crippen LogP contribution < -0.4 is 7.40 Å². The van der Waals surface area contributed by atoms with Gasteiger partial charge in [0.15, 0.2) is 0 Å². The Morgan fingerprint density at radius 2 is 2.17 bits per heavy atom. The maximum absolute atomic E-state index is 5.76. The van der Waals surface area contributed by atoms with Crippen LogP contribution in [0.2, 0.25) is 0 Å². The predicted molar refractivity (Wildman–Crippen MR) is 68.4 cm³/mol. The molecule has 0 N–H and O–H groups in total. The molecule has 2 heterocycles. The zero-order valence-corrected chi connectivity index (χ0v) is 16.6. The number of pyridine rings is 1. The standard InChI is InChI=1S/C13H20N3O.Hg/c1-14-12-9-13(11-15-10-12)17-8-4-7-16-5-2-3-6-16;/h9-11H,2-8H2,1H3;/q-1;+1. The molecule has 1 fully saturated rings. The van der Waals surface area contributed by atoms with Crippen LogP contribution in [0.3, 0.4) is 0 Å². The number of hydrogen-bond donors (Lipinski definition) is 0. The van der Waals surface area contributed by atoms with Gasteiger partial charge in [-0.1, -0.05) is 0 Å². The van der Waals surface area contributed by atoms with Crippen molar-refractivity contribution in [3.05, 3.63) is 18.5 Å². The quantitative estimate of drug-likeness (QED) is 0.504. The van der Waals surface area contributed by atoms with Gasteiger partial charge in [-0.3, -0.25) is 0 Å². The summed E-state index contributed by atoms with van der Waals surface area (Å²) in [7, 11) is 2.09. The molecule has 0 amide bonds. The van der Waals surface area contributed by atoms with E-state index in [1.165, 1.54) is 25.9 Å². The van der Waals surface area contributed by atoms with Gasteiger partial charge in [-0.25, -0.2) is 0 Å². The maximum atomic E-state index is 5.76. The van der Waals surface area contributed by atoms with Crippen molar-refractivity contribution in [1.82, 2.24) is 9.88 Å². The van der Waals surface area contributed by atoms with Crippen molar-refractivity contribution >= 4 is 5.69 Å². The van der Waals surface area contributed by atoms with Crippen LogP contribution in [-0.4, -0.2) is 43.2 Å². The van der Waals surface area contributed by atoms with E-state index in [9.17, 15) is 0 Å². The molecule has 2 rings (SSSR count). The van der Waals surface area contributed by atoms with E-state index in [0.717, 1.165) is 31.0 Å². The van der Waals surface area contributed by atoms with Crippen molar-refractivity contribution in [2.75, 3.05) is 36.0 Å². The fraction of sp³-hybridized carbons (Fsp3) is 0.615. The average molecular weight is 435 g/mol. The van der Waals surface area contributed by atoms with E-state index in [1.807, 2.05) is 6.20 Å². The third-order valence-electron chi connectivity index (χ3n) is 3.23. The average Bonchev–Trinajstić information content (AvgIpc) is 2.88. The predicted octanol–water partition coefficient (Wildman–Crippen LogP) is 1.84. The fourth-order valence-electron chi connectivity index (χ4n) is 2.18. The van der Waals surface area contributed by atoms with E-state index in [2.05, 4.69) is 25.7 Å². The minimum atomic E-state index is 0.591. The molecular weight excluding hydrogens is 415 g/mol. The van der Waals surface area contributed by atoms with Gasteiger partial charge in [-0.15, -0.1) is 0 Å². The van der Waals surface area contributed by atoms with Gasteiger partial charge in [0, 0.05) is 0 Å². The summed E-state index contributed by atoms with van der Waals surface area (Å²) < 4.78 is 7.99. The molecule has 0 aliphatic carbocycles. The first-order chi connectivity index (χ1) is 8.75. The Bertz CT molecular complexity index is 367. The van der Waals surface area contributed by atoms with Gasteiger partial charge < -0.3 is 0 Å². The Hall–Kier alpha value is -0.355. The Kier molecular flexibility index (Phi) is 5.69. The second-order valence-corrected chi connectivity index (χ2v) is 8.52. The van der Waals surface area contributed by atoms with Crippen LogP contribution in [-0.2, 0) is 26.4 Å². The molecule has 0 unspecified atom stereocenters. The van der Waals surface area contributed by atoms with Gasteiger partial charge in [-0.05, 0) is 0 Å². The van der Waals surface area contributed by atoms with Crippen LogP contribution in [0.15, 0.2) is 18.5 Å². The second-order valence-electron chi connectivity index (χ2n) is 4.83. The Labute approximate surface area is 126 Å². The van der Waals surface area contributed by atoms with E-state index in [4.69, 9.17) is 4.74 Å². The van der Waals surface area contributed by atoms with Crippen molar-refractivity contribution in [2.24, 2.45) is 0 Å². The molecule has 0 radical (unpaired) electrons. The van der Waals surface area contributed by atoms with Crippen molar-refractivity contribution in [3.63, 3.8) is 0 Å². The van der Waals surface area contributed by atoms with Crippen molar-refractivity contribution in [3.8, 4) is 5.75 Å². The fourth-order valence-corrected chi connectivity index (χ4v) is 2.85. The second kappa shape index (κ2) is 7.29. The zero-order chi connectivity index (χ0) is 12.8. The van der Waals surface area contributed by atoms with Gasteiger partial charge in [-0.2, -0.15) is 0 Å². The summed E-state index contributed by atoms with van der Waals surface area (Å²) in [5, 5.41) is 0. The monoisotopic (exact) mass is 436 g/mol. The number of anilines is 1. The molecule has 0 spiro atoms. The molecule has 18 heavy (non-hydrogen) atoms. The molecule has 5 heteroatoms. The number of rotatable bonds is 6. The number of aromatic nitrogens is 1. The molecule has 1 aliphatic heterocycles. The molecule has 0 aromatic carbocycles. The van der Waals surface area contributed by atoms with Crippen LogP contribution in [0, 0.1) is 0 Å². The Morgan fingerprint density at radius 1 is 1.39 bits per heavy atom. The number of ether oxygens (including phenoxy) is 1. The summed E-state index contributed by atoms with van der Waals surface area (Å²) in [6.45, 7) is 4.49. The molecule has 4 nitrogen and oxygen atoms in total. The van der Waals surface area contributed by atoms with Gasteiger partial charge >= 0.3 is 126 Å². The Morgan fingerprint density at radius 3 is 2.89 bits per heavy atom. The van der Waals surface area contributed by atoms with Crippen LogP contribution in [0.5, 0.6) is 5.75 Å². The van der Waals surface area contributed by atoms with Crippen molar-refractivity contribution in [2.45, 2.75) is 19.3 Å². The van der Waals surface area contributed by atoms with E-state index in [1.54, 1.807) is 6.20 Å². The van der Waals surface area contributed by atoms with E-state index in [0.29, 0.717) is 26.4 Å². The van der Waals surface area contributed by atoms with E-state index in [-0.39, 0.29) is 0 Å². The topological polar surface area (TPSA) is 28.6 Å². The first-order valence-corrected chi connectivity index (χ1v) is 9.06. The minimum absolute atomic E-state index is 0.591. The summed E-state index contributed by atoms with van der Waals surface area (Å²) in [5.41, 5.74) is 1.16. The summed E-state index contributed by atoms with van der Waals surface area (Å²) >= 11 is 0.591. The molecule has 1 saturated heterocycles. The number of nitrogens with zero attached hydrogens (tertiary/aromatic N) is 3. The van der Waals surface area contributed by atoms with Gasteiger partial charge in [0.2, 0.25) is 0 Å². The van der Waals surface area contributed by atoms with Crippen LogP contribution in [0.4, 0.5) is 5.69 Å². The summed E-state index contributed by atoms with van der Waals surface area (Å²) in [6.07, 6.45) is 7.52. The van der Waals surface area contributed by atoms with Crippen LogP contribution >= 0.6 is 0 Å². The van der Waals surface area contributed by atoms with Crippen molar-refractivity contribution < 1.29 is 31.2 Å². The third-order valence-corrected chi connectivity index (χ3v) is 4.65. The molecule has 0 atom stereocenters. The van der Waals surface area contributed by atoms with Crippen molar-refractivity contribution in [1.29, 1.82) is 0 Å². The first kappa shape index (κ1) is 14.1. The first-order valence-electron chi connectivity index (χ1n) is 6.60. The SMILES string of the molecule is C[N]([Hg])c1cncc(OCCCN2CCCC2)c1. The molecule has 95 valence electrons. The zero-order valence-electron chi connectivity index (χ0n) is 11.1. The van der Waals surface area contributed by atoms with Gasteiger partial charge in [0.05, 0.1) is 0 Å². The molecule has 1 aromatic rings. The normalized spacial score (nSPS) is 15.9. The molecule has 0 bridgehead atoms. The molecule has 1 aromatic heterocycles.